The standard InChI is InChI=1S/C19H17BrN3O.BrH/c1-14-19(24,15-8-10-16(20)11-9-15)23(17-6-3-2-4-7-17)18-21-12-5-13-22(14)18;/h2-14,24H,1H3;1H/q+1;/p-1. The molecule has 1 aliphatic heterocycles. The molecular weight excluding hydrogens is 446 g/mol. The van der Waals surface area contributed by atoms with Crippen molar-refractivity contribution in [2.75, 3.05) is 4.90 Å². The molecule has 1 N–H and O–H groups in total. The van der Waals surface area contributed by atoms with E-state index in [0.29, 0.717) is 0 Å². The van der Waals surface area contributed by atoms with Crippen molar-refractivity contribution in [3.63, 3.8) is 0 Å². The average molecular weight is 463 g/mol. The Morgan fingerprint density at radius 3 is 2.44 bits per heavy atom. The van der Waals surface area contributed by atoms with Crippen LogP contribution in [0.3, 0.4) is 0 Å². The Kier molecular flexibility index (Phi) is 4.95. The van der Waals surface area contributed by atoms with Gasteiger partial charge in [-0.05, 0) is 31.2 Å². The monoisotopic (exact) mass is 461 g/mol. The number of benzene rings is 2. The zero-order valence-corrected chi connectivity index (χ0v) is 16.7. The van der Waals surface area contributed by atoms with Crippen molar-refractivity contribution in [2.24, 2.45) is 0 Å². The molecule has 4 rings (SSSR count). The Bertz CT molecular complexity index is 873. The van der Waals surface area contributed by atoms with Crippen LogP contribution < -0.4 is 26.4 Å². The summed E-state index contributed by atoms with van der Waals surface area (Å²) in [6.45, 7) is 2.01. The number of hydrogen-bond donors (Lipinski definition) is 1. The maximum absolute atomic E-state index is 11.8. The fourth-order valence-electron chi connectivity index (χ4n) is 3.34. The van der Waals surface area contributed by atoms with Crippen LogP contribution in [0.25, 0.3) is 0 Å². The first-order chi connectivity index (χ1) is 11.6. The summed E-state index contributed by atoms with van der Waals surface area (Å²) in [7, 11) is 0. The molecule has 0 radical (unpaired) electrons. The van der Waals surface area contributed by atoms with Gasteiger partial charge in [-0.3, -0.25) is 0 Å². The molecule has 128 valence electrons. The third-order valence-corrected chi connectivity index (χ3v) is 5.11. The van der Waals surface area contributed by atoms with Gasteiger partial charge >= 0.3 is 5.95 Å². The van der Waals surface area contributed by atoms with Gasteiger partial charge in [-0.1, -0.05) is 51.2 Å². The van der Waals surface area contributed by atoms with Crippen molar-refractivity contribution in [3.8, 4) is 0 Å². The fourth-order valence-corrected chi connectivity index (χ4v) is 3.60. The SMILES string of the molecule is CC1[n+]2cccnc2N(c2ccccc2)C1(O)c1ccc(Br)cc1.[Br-]. The quantitative estimate of drug-likeness (QED) is 0.570. The van der Waals surface area contributed by atoms with Crippen molar-refractivity contribution >= 4 is 27.6 Å². The summed E-state index contributed by atoms with van der Waals surface area (Å²) >= 11 is 3.46. The van der Waals surface area contributed by atoms with E-state index >= 15 is 0 Å². The van der Waals surface area contributed by atoms with Gasteiger partial charge in [0.05, 0.1) is 6.20 Å². The van der Waals surface area contributed by atoms with Gasteiger partial charge in [-0.2, -0.15) is 4.90 Å². The predicted molar refractivity (Wildman–Crippen MR) is 95.8 cm³/mol. The molecule has 25 heavy (non-hydrogen) atoms. The topological polar surface area (TPSA) is 40.2 Å². The second kappa shape index (κ2) is 6.86. The summed E-state index contributed by atoms with van der Waals surface area (Å²) in [6, 6.07) is 19.4. The molecule has 2 unspecified atom stereocenters. The zero-order valence-electron chi connectivity index (χ0n) is 13.6. The van der Waals surface area contributed by atoms with Crippen LogP contribution in [0.1, 0.15) is 18.5 Å². The number of hydrogen-bond acceptors (Lipinski definition) is 3. The van der Waals surface area contributed by atoms with Gasteiger partial charge in [0.15, 0.2) is 0 Å². The number of aromatic nitrogens is 2. The molecule has 0 spiro atoms. The summed E-state index contributed by atoms with van der Waals surface area (Å²) in [5.41, 5.74) is 0.510. The molecule has 2 atom stereocenters. The van der Waals surface area contributed by atoms with Crippen LogP contribution in [0.4, 0.5) is 11.6 Å². The first-order valence-electron chi connectivity index (χ1n) is 7.82. The largest absolute Gasteiger partial charge is 1.00 e. The smallest absolute Gasteiger partial charge is 0.402 e. The van der Waals surface area contributed by atoms with Crippen LogP contribution in [0.15, 0.2) is 77.5 Å². The van der Waals surface area contributed by atoms with Gasteiger partial charge in [-0.25, -0.2) is 4.57 Å². The van der Waals surface area contributed by atoms with E-state index in [9.17, 15) is 5.11 Å². The van der Waals surface area contributed by atoms with Crippen LogP contribution in [0.5, 0.6) is 0 Å². The van der Waals surface area contributed by atoms with Gasteiger partial charge in [0.25, 0.3) is 5.72 Å². The summed E-state index contributed by atoms with van der Waals surface area (Å²) < 4.78 is 2.99. The molecule has 1 aromatic heterocycles. The minimum Gasteiger partial charge on any atom is -1.00 e. The third kappa shape index (κ3) is 2.78. The van der Waals surface area contributed by atoms with E-state index in [1.807, 2.05) is 83.3 Å². The normalized spacial score (nSPS) is 21.6. The van der Waals surface area contributed by atoms with Crippen molar-refractivity contribution in [1.82, 2.24) is 4.98 Å². The molecule has 3 aromatic rings. The maximum atomic E-state index is 11.8. The maximum Gasteiger partial charge on any atom is 0.402 e. The van der Waals surface area contributed by atoms with Gasteiger partial charge in [-0.15, -0.1) is 0 Å². The lowest BCUT2D eigenvalue weighted by Crippen LogP contribution is -3.00. The molecule has 0 fully saturated rings. The minimum atomic E-state index is -1.22. The number of fused-ring (bicyclic) bond motifs is 1. The van der Waals surface area contributed by atoms with Crippen LogP contribution in [-0.4, -0.2) is 10.1 Å². The van der Waals surface area contributed by atoms with E-state index in [4.69, 9.17) is 0 Å². The molecule has 0 amide bonds. The highest BCUT2D eigenvalue weighted by molar-refractivity contribution is 9.10. The van der Waals surface area contributed by atoms with E-state index in [-0.39, 0.29) is 23.0 Å². The number of nitrogens with zero attached hydrogens (tertiary/aromatic N) is 3. The van der Waals surface area contributed by atoms with Gasteiger partial charge < -0.3 is 22.1 Å². The summed E-state index contributed by atoms with van der Waals surface area (Å²) in [5.74, 6) is 0.724. The molecule has 0 bridgehead atoms. The minimum absolute atomic E-state index is 0. The molecule has 2 heterocycles. The van der Waals surface area contributed by atoms with Crippen molar-refractivity contribution < 1.29 is 26.7 Å². The number of anilines is 2. The van der Waals surface area contributed by atoms with Crippen LogP contribution >= 0.6 is 15.9 Å². The zero-order chi connectivity index (χ0) is 16.7. The summed E-state index contributed by atoms with van der Waals surface area (Å²) in [6.07, 6.45) is 3.71. The van der Waals surface area contributed by atoms with E-state index in [1.165, 1.54) is 0 Å². The van der Waals surface area contributed by atoms with E-state index in [0.717, 1.165) is 21.7 Å². The van der Waals surface area contributed by atoms with Crippen LogP contribution in [0, 0.1) is 0 Å². The molecule has 6 heteroatoms. The lowest BCUT2D eigenvalue weighted by atomic mass is 9.95. The third-order valence-electron chi connectivity index (χ3n) is 4.58. The fraction of sp³-hybridized carbons (Fsp3) is 0.158. The van der Waals surface area contributed by atoms with Crippen molar-refractivity contribution in [3.05, 3.63) is 83.1 Å². The van der Waals surface area contributed by atoms with Gasteiger partial charge in [0, 0.05) is 16.1 Å². The molecule has 1 aliphatic rings. The van der Waals surface area contributed by atoms with E-state index in [2.05, 4.69) is 20.9 Å². The van der Waals surface area contributed by atoms with Crippen LogP contribution in [0.2, 0.25) is 0 Å². The Morgan fingerprint density at radius 2 is 1.76 bits per heavy atom. The molecular formula is C19H17Br2N3O. The highest BCUT2D eigenvalue weighted by Crippen LogP contribution is 2.45. The first kappa shape index (κ1) is 18.0. The van der Waals surface area contributed by atoms with E-state index in [1.54, 1.807) is 6.20 Å². The average Bonchev–Trinajstić information content (AvgIpc) is 2.85. The Labute approximate surface area is 165 Å². The molecule has 0 aliphatic carbocycles. The second-order valence-electron chi connectivity index (χ2n) is 5.91. The molecule has 0 saturated heterocycles. The Morgan fingerprint density at radius 1 is 1.08 bits per heavy atom. The summed E-state index contributed by atoms with van der Waals surface area (Å²) in [4.78, 5) is 6.43. The number of aliphatic hydroxyl groups is 1. The van der Waals surface area contributed by atoms with Gasteiger partial charge in [0.1, 0.15) is 17.9 Å². The van der Waals surface area contributed by atoms with Crippen molar-refractivity contribution in [2.45, 2.75) is 18.7 Å². The predicted octanol–water partition coefficient (Wildman–Crippen LogP) is 0.694. The summed E-state index contributed by atoms with van der Waals surface area (Å²) in [5, 5.41) is 11.8. The molecule has 0 saturated carbocycles. The lowest BCUT2D eigenvalue weighted by Gasteiger charge is -2.31. The molecule has 4 nitrogen and oxygen atoms in total. The Balaban J connectivity index is 0.00000182. The highest BCUT2D eigenvalue weighted by Gasteiger charge is 2.57. The Hall–Kier alpha value is -1.76. The second-order valence-corrected chi connectivity index (χ2v) is 6.82. The van der Waals surface area contributed by atoms with Crippen LogP contribution in [-0.2, 0) is 5.72 Å². The number of halogens is 2. The lowest BCUT2D eigenvalue weighted by molar-refractivity contribution is -0.709. The van der Waals surface area contributed by atoms with Crippen molar-refractivity contribution in [1.29, 1.82) is 0 Å². The number of para-hydroxylation sites is 1. The highest BCUT2D eigenvalue weighted by atomic mass is 79.9. The van der Waals surface area contributed by atoms with E-state index < -0.39 is 5.72 Å². The molecule has 2 aromatic carbocycles. The van der Waals surface area contributed by atoms with Gasteiger partial charge in [0.2, 0.25) is 0 Å². The first-order valence-corrected chi connectivity index (χ1v) is 8.61. The number of rotatable bonds is 2.